The largest absolute Gasteiger partial charge is 0.471 e. The van der Waals surface area contributed by atoms with Crippen LogP contribution in [0.3, 0.4) is 0 Å². The highest BCUT2D eigenvalue weighted by molar-refractivity contribution is 5.82. The second-order valence-electron chi connectivity index (χ2n) is 4.49. The Hall–Kier alpha value is -1.51. The monoisotopic (exact) mass is 298 g/mol. The fourth-order valence-corrected chi connectivity index (χ4v) is 2.17. The quantitative estimate of drug-likeness (QED) is 0.845. The molecule has 2 amide bonds. The first-order valence-electron chi connectivity index (χ1n) is 6.12. The fourth-order valence-electron chi connectivity index (χ4n) is 2.17. The lowest BCUT2D eigenvalue weighted by Gasteiger charge is -2.37. The Labute approximate surface area is 114 Å². The molecule has 1 aliphatic rings. The van der Waals surface area contributed by atoms with E-state index in [2.05, 4.69) is 0 Å². The summed E-state index contributed by atoms with van der Waals surface area (Å²) in [6, 6.07) is -0.616. The first-order chi connectivity index (χ1) is 9.27. The van der Waals surface area contributed by atoms with Crippen LogP contribution in [0.1, 0.15) is 12.8 Å². The molecule has 6 nitrogen and oxygen atoms in total. The van der Waals surface area contributed by atoms with Gasteiger partial charge in [-0.3, -0.25) is 4.79 Å². The van der Waals surface area contributed by atoms with Gasteiger partial charge in [0.25, 0.3) is 0 Å². The Morgan fingerprint density at radius 2 is 1.90 bits per heavy atom. The number of methoxy groups -OCH3 is 1. The minimum Gasteiger partial charge on any atom is -0.465 e. The molecule has 0 bridgehead atoms. The van der Waals surface area contributed by atoms with Crippen LogP contribution >= 0.6 is 0 Å². The zero-order valence-corrected chi connectivity index (χ0v) is 11.0. The third-order valence-electron chi connectivity index (χ3n) is 3.22. The lowest BCUT2D eigenvalue weighted by molar-refractivity contribution is -0.189. The second kappa shape index (κ2) is 6.78. The summed E-state index contributed by atoms with van der Waals surface area (Å²) in [7, 11) is 1.34. The predicted octanol–water partition coefficient (Wildman–Crippen LogP) is 1.17. The molecule has 0 saturated carbocycles. The van der Waals surface area contributed by atoms with Crippen LogP contribution in [0.2, 0.25) is 0 Å². The van der Waals surface area contributed by atoms with Crippen molar-refractivity contribution in [2.75, 3.05) is 33.4 Å². The molecule has 0 spiro atoms. The van der Waals surface area contributed by atoms with Crippen molar-refractivity contribution in [2.45, 2.75) is 25.1 Å². The fraction of sp³-hybridized carbons (Fsp3) is 0.818. The molecule has 1 heterocycles. The summed E-state index contributed by atoms with van der Waals surface area (Å²) < 4.78 is 42.4. The third-order valence-corrected chi connectivity index (χ3v) is 3.22. The normalized spacial score (nSPS) is 17.1. The van der Waals surface area contributed by atoms with Gasteiger partial charge in [0.05, 0.1) is 6.61 Å². The van der Waals surface area contributed by atoms with Gasteiger partial charge in [-0.25, -0.2) is 4.79 Å². The zero-order chi connectivity index (χ0) is 15.3. The van der Waals surface area contributed by atoms with E-state index >= 15 is 0 Å². The molecule has 0 aromatic heterocycles. The minimum atomic E-state index is -4.93. The van der Waals surface area contributed by atoms with Gasteiger partial charge in [-0.05, 0) is 12.8 Å². The topological polar surface area (TPSA) is 70.1 Å². The second-order valence-corrected chi connectivity index (χ2v) is 4.49. The SMILES string of the molecule is COCCN(C(=O)C(F)(F)F)C1CCN(C(=O)O)CC1. The molecule has 9 heteroatoms. The van der Waals surface area contributed by atoms with Crippen molar-refractivity contribution < 1.29 is 32.6 Å². The Bertz CT molecular complexity index is 354. The summed E-state index contributed by atoms with van der Waals surface area (Å²) >= 11 is 0. The van der Waals surface area contributed by atoms with Crippen LogP contribution in [0, 0.1) is 0 Å². The Morgan fingerprint density at radius 1 is 1.35 bits per heavy atom. The van der Waals surface area contributed by atoms with Crippen molar-refractivity contribution >= 4 is 12.0 Å². The number of hydrogen-bond donors (Lipinski definition) is 1. The minimum absolute atomic E-state index is 0.000957. The first-order valence-corrected chi connectivity index (χ1v) is 6.12. The number of rotatable bonds is 4. The number of carboxylic acid groups (broad SMARTS) is 1. The van der Waals surface area contributed by atoms with Crippen LogP contribution < -0.4 is 0 Å². The summed E-state index contributed by atoms with van der Waals surface area (Å²) in [5.41, 5.74) is 0. The Kier molecular flexibility index (Phi) is 5.61. The average molecular weight is 298 g/mol. The van der Waals surface area contributed by atoms with Gasteiger partial charge in [0.15, 0.2) is 0 Å². The molecule has 0 aromatic rings. The van der Waals surface area contributed by atoms with E-state index in [1.54, 1.807) is 0 Å². The van der Waals surface area contributed by atoms with Crippen LogP contribution in [0.5, 0.6) is 0 Å². The molecule has 1 aliphatic heterocycles. The Balaban J connectivity index is 2.70. The number of hydrogen-bond acceptors (Lipinski definition) is 3. The van der Waals surface area contributed by atoms with Gasteiger partial charge >= 0.3 is 18.2 Å². The van der Waals surface area contributed by atoms with E-state index in [4.69, 9.17) is 9.84 Å². The van der Waals surface area contributed by atoms with E-state index in [1.165, 1.54) is 7.11 Å². The lowest BCUT2D eigenvalue weighted by Crippen LogP contribution is -2.52. The molecule has 0 atom stereocenters. The van der Waals surface area contributed by atoms with Crippen LogP contribution in [-0.4, -0.2) is 72.5 Å². The van der Waals surface area contributed by atoms with E-state index < -0.39 is 24.2 Å². The van der Waals surface area contributed by atoms with Crippen molar-refractivity contribution in [2.24, 2.45) is 0 Å². The number of piperidine rings is 1. The van der Waals surface area contributed by atoms with Gasteiger partial charge in [-0.1, -0.05) is 0 Å². The summed E-state index contributed by atoms with van der Waals surface area (Å²) in [5, 5.41) is 8.79. The van der Waals surface area contributed by atoms with Crippen LogP contribution in [0.4, 0.5) is 18.0 Å². The van der Waals surface area contributed by atoms with E-state index in [0.717, 1.165) is 9.80 Å². The molecular weight excluding hydrogens is 281 g/mol. The van der Waals surface area contributed by atoms with Crippen molar-refractivity contribution in [1.29, 1.82) is 0 Å². The maximum absolute atomic E-state index is 12.5. The lowest BCUT2D eigenvalue weighted by atomic mass is 10.0. The molecule has 1 N–H and O–H groups in total. The molecule has 1 fully saturated rings. The van der Waals surface area contributed by atoms with Crippen LogP contribution in [-0.2, 0) is 9.53 Å². The van der Waals surface area contributed by atoms with E-state index in [-0.39, 0.29) is 39.1 Å². The summed E-state index contributed by atoms with van der Waals surface area (Å²) in [6.45, 7) is 0.0801. The first kappa shape index (κ1) is 16.5. The van der Waals surface area contributed by atoms with Gasteiger partial charge in [0, 0.05) is 32.8 Å². The molecular formula is C11H17F3N2O4. The number of nitrogens with zero attached hydrogens (tertiary/aromatic N) is 2. The Morgan fingerprint density at radius 3 is 2.30 bits per heavy atom. The number of carbonyl (C=O) groups excluding carboxylic acids is 1. The number of ether oxygens (including phenoxy) is 1. The van der Waals surface area contributed by atoms with Gasteiger partial charge in [-0.2, -0.15) is 13.2 Å². The van der Waals surface area contributed by atoms with E-state index in [0.29, 0.717) is 0 Å². The number of alkyl halides is 3. The van der Waals surface area contributed by atoms with Crippen molar-refractivity contribution in [1.82, 2.24) is 9.80 Å². The average Bonchev–Trinajstić information content (AvgIpc) is 2.38. The molecule has 1 saturated heterocycles. The zero-order valence-electron chi connectivity index (χ0n) is 11.0. The standard InChI is InChI=1S/C11H17F3N2O4/c1-20-7-6-16(9(17)11(12,13)14)8-2-4-15(5-3-8)10(18)19/h8H,2-7H2,1H3,(H,18,19). The van der Waals surface area contributed by atoms with Crippen molar-refractivity contribution in [3.8, 4) is 0 Å². The number of amides is 2. The molecule has 116 valence electrons. The highest BCUT2D eigenvalue weighted by Gasteiger charge is 2.45. The molecule has 20 heavy (non-hydrogen) atoms. The molecule has 1 rings (SSSR count). The predicted molar refractivity (Wildman–Crippen MR) is 62.3 cm³/mol. The van der Waals surface area contributed by atoms with Crippen LogP contribution in [0.25, 0.3) is 0 Å². The maximum Gasteiger partial charge on any atom is 0.471 e. The highest BCUT2D eigenvalue weighted by atomic mass is 19.4. The molecule has 0 unspecified atom stereocenters. The van der Waals surface area contributed by atoms with E-state index in [1.807, 2.05) is 0 Å². The van der Waals surface area contributed by atoms with Gasteiger partial charge < -0.3 is 19.6 Å². The maximum atomic E-state index is 12.5. The summed E-state index contributed by atoms with van der Waals surface area (Å²) in [4.78, 5) is 24.0. The summed E-state index contributed by atoms with van der Waals surface area (Å²) in [5.74, 6) is -1.90. The summed E-state index contributed by atoms with van der Waals surface area (Å²) in [6.07, 6.45) is -5.65. The third kappa shape index (κ3) is 4.26. The molecule has 0 radical (unpaired) electrons. The molecule has 0 aromatic carbocycles. The molecule has 0 aliphatic carbocycles. The number of likely N-dealkylation sites (tertiary alicyclic amines) is 1. The van der Waals surface area contributed by atoms with Gasteiger partial charge in [-0.15, -0.1) is 0 Å². The highest BCUT2D eigenvalue weighted by Crippen LogP contribution is 2.24. The van der Waals surface area contributed by atoms with Crippen LogP contribution in [0.15, 0.2) is 0 Å². The number of halogens is 3. The number of carbonyl (C=O) groups is 2. The van der Waals surface area contributed by atoms with E-state index in [9.17, 15) is 22.8 Å². The van der Waals surface area contributed by atoms with Crippen molar-refractivity contribution in [3.63, 3.8) is 0 Å². The van der Waals surface area contributed by atoms with Crippen molar-refractivity contribution in [3.05, 3.63) is 0 Å². The van der Waals surface area contributed by atoms with Gasteiger partial charge in [0.2, 0.25) is 0 Å². The van der Waals surface area contributed by atoms with Gasteiger partial charge in [0.1, 0.15) is 0 Å². The smallest absolute Gasteiger partial charge is 0.465 e.